The highest BCUT2D eigenvalue weighted by Crippen LogP contribution is 2.11. The van der Waals surface area contributed by atoms with Crippen molar-refractivity contribution in [3.8, 4) is 0 Å². The van der Waals surface area contributed by atoms with Crippen LogP contribution in [0.25, 0.3) is 0 Å². The van der Waals surface area contributed by atoms with Crippen molar-refractivity contribution in [2.75, 3.05) is 10.6 Å². The highest BCUT2D eigenvalue weighted by Gasteiger charge is 2.08. The Kier molecular flexibility index (Phi) is 4.15. The molecule has 0 aliphatic heterocycles. The molecule has 94 valence electrons. The van der Waals surface area contributed by atoms with Crippen LogP contribution in [0.3, 0.4) is 0 Å². The fraction of sp³-hybridized carbons (Fsp3) is 0.231. The molecule has 0 fully saturated rings. The lowest BCUT2D eigenvalue weighted by atomic mass is 10.1. The molecule has 1 aromatic heterocycles. The van der Waals surface area contributed by atoms with E-state index in [1.165, 1.54) is 5.56 Å². The third-order valence-electron chi connectivity index (χ3n) is 2.53. The molecule has 0 aliphatic carbocycles. The number of carbonyl (C=O) groups is 1. The number of alkyl halides is 1. The summed E-state index contributed by atoms with van der Waals surface area (Å²) in [4.78, 5) is 15.8. The average molecular weight is 308 g/mol. The number of aryl methyl sites for hydroxylation is 2. The Labute approximate surface area is 114 Å². The van der Waals surface area contributed by atoms with Gasteiger partial charge in [0.05, 0.1) is 6.33 Å². The summed E-state index contributed by atoms with van der Waals surface area (Å²) < 4.78 is 1.74. The van der Waals surface area contributed by atoms with Crippen LogP contribution in [0.15, 0.2) is 36.8 Å². The van der Waals surface area contributed by atoms with E-state index in [0.29, 0.717) is 5.69 Å². The van der Waals surface area contributed by atoms with E-state index < -0.39 is 0 Å². The van der Waals surface area contributed by atoms with Crippen LogP contribution in [-0.2, 0) is 13.5 Å². The summed E-state index contributed by atoms with van der Waals surface area (Å²) in [6.07, 6.45) is 4.27. The molecule has 1 amide bonds. The standard InChI is InChI=1S/C13H14BrN3O/c1-17-8-12(15-9-17)13(18)16-11-4-2-10(3-5-11)6-7-14/h2-5,8-9H,6-7H2,1H3,(H,16,18). The number of amides is 1. The first-order chi connectivity index (χ1) is 8.69. The van der Waals surface area contributed by atoms with E-state index in [9.17, 15) is 4.79 Å². The summed E-state index contributed by atoms with van der Waals surface area (Å²) in [5, 5.41) is 3.75. The minimum atomic E-state index is -0.191. The van der Waals surface area contributed by atoms with E-state index >= 15 is 0 Å². The van der Waals surface area contributed by atoms with Gasteiger partial charge in [0, 0.05) is 24.3 Å². The third kappa shape index (κ3) is 3.20. The molecular weight excluding hydrogens is 294 g/mol. The van der Waals surface area contributed by atoms with Crippen molar-refractivity contribution in [2.45, 2.75) is 6.42 Å². The van der Waals surface area contributed by atoms with Gasteiger partial charge in [-0.25, -0.2) is 4.98 Å². The van der Waals surface area contributed by atoms with Crippen LogP contribution in [-0.4, -0.2) is 20.8 Å². The summed E-state index contributed by atoms with van der Waals surface area (Å²) in [5.74, 6) is -0.191. The maximum absolute atomic E-state index is 11.8. The summed E-state index contributed by atoms with van der Waals surface area (Å²) in [5.41, 5.74) is 2.44. The number of hydrogen-bond acceptors (Lipinski definition) is 2. The van der Waals surface area contributed by atoms with Gasteiger partial charge in [0.15, 0.2) is 0 Å². The molecule has 0 spiro atoms. The maximum Gasteiger partial charge on any atom is 0.275 e. The molecule has 0 atom stereocenters. The Morgan fingerprint density at radius 3 is 2.67 bits per heavy atom. The van der Waals surface area contributed by atoms with E-state index in [1.54, 1.807) is 17.1 Å². The zero-order chi connectivity index (χ0) is 13.0. The van der Waals surface area contributed by atoms with Crippen molar-refractivity contribution < 1.29 is 4.79 Å². The lowest BCUT2D eigenvalue weighted by Crippen LogP contribution is -2.12. The average Bonchev–Trinajstić information content (AvgIpc) is 2.79. The van der Waals surface area contributed by atoms with Gasteiger partial charge < -0.3 is 9.88 Å². The van der Waals surface area contributed by atoms with Crippen LogP contribution >= 0.6 is 15.9 Å². The number of carbonyl (C=O) groups excluding carboxylic acids is 1. The molecule has 0 unspecified atom stereocenters. The first-order valence-electron chi connectivity index (χ1n) is 5.63. The van der Waals surface area contributed by atoms with Crippen molar-refractivity contribution in [1.82, 2.24) is 9.55 Å². The summed E-state index contributed by atoms with van der Waals surface area (Å²) in [7, 11) is 1.83. The minimum Gasteiger partial charge on any atom is -0.340 e. The molecule has 0 saturated heterocycles. The first-order valence-corrected chi connectivity index (χ1v) is 6.75. The van der Waals surface area contributed by atoms with Gasteiger partial charge in [0.25, 0.3) is 5.91 Å². The second-order valence-corrected chi connectivity index (χ2v) is 4.81. The Hall–Kier alpha value is -1.62. The fourth-order valence-electron chi connectivity index (χ4n) is 1.59. The van der Waals surface area contributed by atoms with Gasteiger partial charge in [-0.1, -0.05) is 28.1 Å². The van der Waals surface area contributed by atoms with Crippen LogP contribution in [0.5, 0.6) is 0 Å². The molecule has 0 radical (unpaired) electrons. The van der Waals surface area contributed by atoms with Crippen molar-refractivity contribution in [3.05, 3.63) is 48.0 Å². The van der Waals surface area contributed by atoms with Gasteiger partial charge in [-0.05, 0) is 24.1 Å². The predicted molar refractivity (Wildman–Crippen MR) is 75.1 cm³/mol. The van der Waals surface area contributed by atoms with Gasteiger partial charge in [-0.3, -0.25) is 4.79 Å². The Balaban J connectivity index is 2.03. The number of aromatic nitrogens is 2. The Bertz CT molecular complexity index is 533. The highest BCUT2D eigenvalue weighted by atomic mass is 79.9. The van der Waals surface area contributed by atoms with Gasteiger partial charge in [-0.2, -0.15) is 0 Å². The van der Waals surface area contributed by atoms with Crippen LogP contribution in [0.1, 0.15) is 16.1 Å². The number of hydrogen-bond donors (Lipinski definition) is 1. The second kappa shape index (κ2) is 5.82. The molecule has 1 heterocycles. The largest absolute Gasteiger partial charge is 0.340 e. The molecule has 0 saturated carbocycles. The molecule has 2 rings (SSSR count). The first kappa shape index (κ1) is 12.8. The van der Waals surface area contributed by atoms with E-state index in [4.69, 9.17) is 0 Å². The Morgan fingerprint density at radius 2 is 2.11 bits per heavy atom. The number of imidazole rings is 1. The topological polar surface area (TPSA) is 46.9 Å². The van der Waals surface area contributed by atoms with E-state index in [-0.39, 0.29) is 5.91 Å². The van der Waals surface area contributed by atoms with Crippen molar-refractivity contribution in [2.24, 2.45) is 7.05 Å². The number of benzene rings is 1. The zero-order valence-electron chi connectivity index (χ0n) is 10.1. The quantitative estimate of drug-likeness (QED) is 0.883. The lowest BCUT2D eigenvalue weighted by Gasteiger charge is -2.04. The van der Waals surface area contributed by atoms with Gasteiger partial charge in [-0.15, -0.1) is 0 Å². The second-order valence-electron chi connectivity index (χ2n) is 4.01. The maximum atomic E-state index is 11.8. The van der Waals surface area contributed by atoms with E-state index in [0.717, 1.165) is 17.4 Å². The SMILES string of the molecule is Cn1cnc(C(=O)Nc2ccc(CCBr)cc2)c1. The lowest BCUT2D eigenvalue weighted by molar-refractivity contribution is 0.102. The molecular formula is C13H14BrN3O. The van der Waals surface area contributed by atoms with Gasteiger partial charge in [0.1, 0.15) is 5.69 Å². The number of rotatable bonds is 4. The Morgan fingerprint density at radius 1 is 1.39 bits per heavy atom. The van der Waals surface area contributed by atoms with Crippen LogP contribution in [0.2, 0.25) is 0 Å². The smallest absolute Gasteiger partial charge is 0.275 e. The molecule has 0 bridgehead atoms. The predicted octanol–water partition coefficient (Wildman–Crippen LogP) is 2.61. The molecule has 4 nitrogen and oxygen atoms in total. The molecule has 1 N–H and O–H groups in total. The number of nitrogens with one attached hydrogen (secondary N) is 1. The van der Waals surface area contributed by atoms with Crippen LogP contribution < -0.4 is 5.32 Å². The van der Waals surface area contributed by atoms with Crippen molar-refractivity contribution in [3.63, 3.8) is 0 Å². The zero-order valence-corrected chi connectivity index (χ0v) is 11.6. The molecule has 18 heavy (non-hydrogen) atoms. The number of anilines is 1. The van der Waals surface area contributed by atoms with Crippen molar-refractivity contribution in [1.29, 1.82) is 0 Å². The number of nitrogens with zero attached hydrogens (tertiary/aromatic N) is 2. The van der Waals surface area contributed by atoms with Crippen LogP contribution in [0.4, 0.5) is 5.69 Å². The normalized spacial score (nSPS) is 10.3. The van der Waals surface area contributed by atoms with Gasteiger partial charge >= 0.3 is 0 Å². The minimum absolute atomic E-state index is 0.191. The summed E-state index contributed by atoms with van der Waals surface area (Å²) in [6, 6.07) is 7.82. The third-order valence-corrected chi connectivity index (χ3v) is 2.93. The van der Waals surface area contributed by atoms with E-state index in [1.807, 2.05) is 31.3 Å². The number of halogens is 1. The molecule has 5 heteroatoms. The molecule has 1 aromatic carbocycles. The van der Waals surface area contributed by atoms with Crippen LogP contribution in [0, 0.1) is 0 Å². The van der Waals surface area contributed by atoms with Crippen molar-refractivity contribution >= 4 is 27.5 Å². The van der Waals surface area contributed by atoms with Gasteiger partial charge in [0.2, 0.25) is 0 Å². The highest BCUT2D eigenvalue weighted by molar-refractivity contribution is 9.09. The summed E-state index contributed by atoms with van der Waals surface area (Å²) in [6.45, 7) is 0. The molecule has 0 aliphatic rings. The monoisotopic (exact) mass is 307 g/mol. The van der Waals surface area contributed by atoms with E-state index in [2.05, 4.69) is 26.2 Å². The fourth-order valence-corrected chi connectivity index (χ4v) is 2.05. The molecule has 2 aromatic rings. The summed E-state index contributed by atoms with van der Waals surface area (Å²) >= 11 is 3.40.